The number of anilines is 1. The highest BCUT2D eigenvalue weighted by Crippen LogP contribution is 2.07. The van der Waals surface area contributed by atoms with Crippen LogP contribution >= 0.6 is 0 Å². The van der Waals surface area contributed by atoms with E-state index >= 15 is 0 Å². The number of nitrogens with two attached hydrogens (primary N) is 1. The molecule has 16 heavy (non-hydrogen) atoms. The molecule has 1 aromatic heterocycles. The van der Waals surface area contributed by atoms with Gasteiger partial charge in [0.25, 0.3) is 0 Å². The molecule has 0 unspecified atom stereocenters. The van der Waals surface area contributed by atoms with Gasteiger partial charge in [-0.1, -0.05) is 6.07 Å². The summed E-state index contributed by atoms with van der Waals surface area (Å²) in [7, 11) is 1.62. The van der Waals surface area contributed by atoms with Crippen LogP contribution in [0.4, 0.5) is 5.82 Å². The van der Waals surface area contributed by atoms with E-state index in [4.69, 9.17) is 10.5 Å². The van der Waals surface area contributed by atoms with Gasteiger partial charge in [0.2, 0.25) is 0 Å². The van der Waals surface area contributed by atoms with E-state index in [1.165, 1.54) is 0 Å². The first-order valence-corrected chi connectivity index (χ1v) is 5.14. The minimum Gasteiger partial charge on any atom is -0.383 e. The Morgan fingerprint density at radius 1 is 1.62 bits per heavy atom. The zero-order chi connectivity index (χ0) is 11.8. The van der Waals surface area contributed by atoms with E-state index in [0.29, 0.717) is 31.9 Å². The topological polar surface area (TPSA) is 77.2 Å². The molecule has 88 valence electrons. The van der Waals surface area contributed by atoms with Gasteiger partial charge in [0.1, 0.15) is 5.82 Å². The minimum atomic E-state index is 0.0933. The molecule has 0 saturated heterocycles. The lowest BCUT2D eigenvalue weighted by Gasteiger charge is -2.05. The number of nitrogens with one attached hydrogen (secondary N) is 1. The number of hydrogen-bond donors (Lipinski definition) is 2. The van der Waals surface area contributed by atoms with Gasteiger partial charge in [-0.25, -0.2) is 4.98 Å². The molecule has 0 amide bonds. The SMILES string of the molecule is COCCNCC(=O)Cc1cccnc1N. The number of ketones is 1. The van der Waals surface area contributed by atoms with Gasteiger partial charge < -0.3 is 15.8 Å². The van der Waals surface area contributed by atoms with Crippen LogP contribution in [0.3, 0.4) is 0 Å². The van der Waals surface area contributed by atoms with E-state index in [0.717, 1.165) is 5.56 Å². The normalized spacial score (nSPS) is 10.3. The van der Waals surface area contributed by atoms with Crippen LogP contribution in [0, 0.1) is 0 Å². The van der Waals surface area contributed by atoms with Gasteiger partial charge in [0.15, 0.2) is 5.78 Å². The maximum atomic E-state index is 11.5. The fourth-order valence-corrected chi connectivity index (χ4v) is 1.28. The van der Waals surface area contributed by atoms with Crippen molar-refractivity contribution in [1.29, 1.82) is 0 Å². The summed E-state index contributed by atoms with van der Waals surface area (Å²) < 4.78 is 4.86. The number of nitrogens with zero attached hydrogens (tertiary/aromatic N) is 1. The van der Waals surface area contributed by atoms with Gasteiger partial charge in [-0.2, -0.15) is 0 Å². The van der Waals surface area contributed by atoms with Gasteiger partial charge in [-0.05, 0) is 6.07 Å². The lowest BCUT2D eigenvalue weighted by atomic mass is 10.1. The van der Waals surface area contributed by atoms with Crippen LogP contribution in [0.5, 0.6) is 0 Å². The molecule has 0 aliphatic carbocycles. The van der Waals surface area contributed by atoms with Crippen LogP contribution in [0.1, 0.15) is 5.56 Å². The number of carbonyl (C=O) groups excluding carboxylic acids is 1. The molecule has 0 aliphatic rings. The first-order valence-electron chi connectivity index (χ1n) is 5.14. The molecule has 5 heteroatoms. The largest absolute Gasteiger partial charge is 0.383 e. The summed E-state index contributed by atoms with van der Waals surface area (Å²) >= 11 is 0. The Hall–Kier alpha value is -1.46. The van der Waals surface area contributed by atoms with Crippen LogP contribution in [0.2, 0.25) is 0 Å². The van der Waals surface area contributed by atoms with Gasteiger partial charge in [0.05, 0.1) is 13.2 Å². The highest BCUT2D eigenvalue weighted by molar-refractivity contribution is 5.83. The Bertz CT molecular complexity index is 342. The molecular formula is C11H17N3O2. The second-order valence-electron chi connectivity index (χ2n) is 3.43. The number of pyridine rings is 1. The van der Waals surface area contributed by atoms with Crippen molar-refractivity contribution < 1.29 is 9.53 Å². The fraction of sp³-hybridized carbons (Fsp3) is 0.455. The summed E-state index contributed by atoms with van der Waals surface area (Å²) in [6, 6.07) is 3.59. The standard InChI is InChI=1S/C11H17N3O2/c1-16-6-5-13-8-10(15)7-9-3-2-4-14-11(9)12/h2-4,13H,5-8H2,1H3,(H2,12,14). The second-order valence-corrected chi connectivity index (χ2v) is 3.43. The van der Waals surface area contributed by atoms with Gasteiger partial charge in [-0.3, -0.25) is 4.79 Å². The molecule has 0 spiro atoms. The smallest absolute Gasteiger partial charge is 0.151 e. The third-order valence-corrected chi connectivity index (χ3v) is 2.12. The van der Waals surface area contributed by atoms with Crippen molar-refractivity contribution in [2.24, 2.45) is 0 Å². The molecular weight excluding hydrogens is 206 g/mol. The molecule has 0 aromatic carbocycles. The molecule has 1 aromatic rings. The molecule has 3 N–H and O–H groups in total. The van der Waals surface area contributed by atoms with Crippen molar-refractivity contribution in [1.82, 2.24) is 10.3 Å². The van der Waals surface area contributed by atoms with Crippen molar-refractivity contribution in [2.45, 2.75) is 6.42 Å². The fourth-order valence-electron chi connectivity index (χ4n) is 1.28. The number of methoxy groups -OCH3 is 1. The van der Waals surface area contributed by atoms with Crippen LogP contribution in [-0.4, -0.2) is 37.6 Å². The Kier molecular flexibility index (Phi) is 5.45. The number of rotatable bonds is 7. The number of carbonyl (C=O) groups is 1. The molecule has 1 heterocycles. The Morgan fingerprint density at radius 3 is 3.12 bits per heavy atom. The summed E-state index contributed by atoms with van der Waals surface area (Å²) in [5, 5.41) is 2.99. The van der Waals surface area contributed by atoms with Crippen LogP contribution in [-0.2, 0) is 16.0 Å². The van der Waals surface area contributed by atoms with E-state index < -0.39 is 0 Å². The Morgan fingerprint density at radius 2 is 2.44 bits per heavy atom. The Labute approximate surface area is 95.0 Å². The second kappa shape index (κ2) is 6.92. The maximum absolute atomic E-state index is 11.5. The zero-order valence-corrected chi connectivity index (χ0v) is 9.40. The molecule has 0 aliphatic heterocycles. The van der Waals surface area contributed by atoms with Crippen molar-refractivity contribution in [2.75, 3.05) is 32.5 Å². The van der Waals surface area contributed by atoms with Crippen LogP contribution in [0.25, 0.3) is 0 Å². The Balaban J connectivity index is 2.32. The predicted molar refractivity (Wildman–Crippen MR) is 62.1 cm³/mol. The van der Waals surface area contributed by atoms with Crippen LogP contribution in [0.15, 0.2) is 18.3 Å². The number of Topliss-reactive ketones (excluding diaryl/α,β-unsaturated/α-hetero) is 1. The van der Waals surface area contributed by atoms with Crippen molar-refractivity contribution in [3.8, 4) is 0 Å². The first kappa shape index (κ1) is 12.6. The average molecular weight is 223 g/mol. The van der Waals surface area contributed by atoms with E-state index in [1.54, 1.807) is 19.4 Å². The molecule has 0 fully saturated rings. The molecule has 0 radical (unpaired) electrons. The van der Waals surface area contributed by atoms with Gasteiger partial charge >= 0.3 is 0 Å². The summed E-state index contributed by atoms with van der Waals surface area (Å²) in [5.74, 6) is 0.517. The van der Waals surface area contributed by atoms with Crippen LogP contribution < -0.4 is 11.1 Å². The minimum absolute atomic E-state index is 0.0933. The first-order chi connectivity index (χ1) is 7.74. The molecule has 0 saturated carbocycles. The van der Waals surface area contributed by atoms with E-state index in [1.807, 2.05) is 6.07 Å². The average Bonchev–Trinajstić information content (AvgIpc) is 2.28. The summed E-state index contributed by atoms with van der Waals surface area (Å²) in [5.41, 5.74) is 6.42. The number of nitrogen functional groups attached to an aromatic ring is 1. The highest BCUT2D eigenvalue weighted by Gasteiger charge is 2.06. The molecule has 0 bridgehead atoms. The molecule has 5 nitrogen and oxygen atoms in total. The van der Waals surface area contributed by atoms with Gasteiger partial charge in [0, 0.05) is 31.8 Å². The predicted octanol–water partition coefficient (Wildman–Crippen LogP) is 0.0114. The summed E-state index contributed by atoms with van der Waals surface area (Å²) in [6.45, 7) is 1.60. The number of aromatic nitrogens is 1. The third-order valence-electron chi connectivity index (χ3n) is 2.12. The van der Waals surface area contributed by atoms with E-state index in [9.17, 15) is 4.79 Å². The zero-order valence-electron chi connectivity index (χ0n) is 9.40. The maximum Gasteiger partial charge on any atom is 0.151 e. The number of ether oxygens (including phenoxy) is 1. The molecule has 0 atom stereocenters. The number of hydrogen-bond acceptors (Lipinski definition) is 5. The monoisotopic (exact) mass is 223 g/mol. The van der Waals surface area contributed by atoms with Gasteiger partial charge in [-0.15, -0.1) is 0 Å². The van der Waals surface area contributed by atoms with Crippen molar-refractivity contribution >= 4 is 11.6 Å². The highest BCUT2D eigenvalue weighted by atomic mass is 16.5. The summed E-state index contributed by atoms with van der Waals surface area (Å²) in [4.78, 5) is 15.5. The van der Waals surface area contributed by atoms with Crippen molar-refractivity contribution in [3.63, 3.8) is 0 Å². The lowest BCUT2D eigenvalue weighted by Crippen LogP contribution is -2.27. The lowest BCUT2D eigenvalue weighted by molar-refractivity contribution is -0.117. The van der Waals surface area contributed by atoms with E-state index in [2.05, 4.69) is 10.3 Å². The molecule has 1 rings (SSSR count). The quantitative estimate of drug-likeness (QED) is 0.637. The van der Waals surface area contributed by atoms with E-state index in [-0.39, 0.29) is 5.78 Å². The van der Waals surface area contributed by atoms with Crippen molar-refractivity contribution in [3.05, 3.63) is 23.9 Å². The summed E-state index contributed by atoms with van der Waals surface area (Å²) in [6.07, 6.45) is 1.93. The third kappa shape index (κ3) is 4.37.